The molecule has 1 atom stereocenters. The lowest BCUT2D eigenvalue weighted by Gasteiger charge is -2.25. The van der Waals surface area contributed by atoms with E-state index in [1.807, 2.05) is 25.2 Å². The monoisotopic (exact) mass is 301 g/mol. The molecule has 0 aromatic heterocycles. The third kappa shape index (κ3) is 6.17. The number of ether oxygens (including phenoxy) is 1. The van der Waals surface area contributed by atoms with E-state index in [4.69, 9.17) is 16.3 Å². The van der Waals surface area contributed by atoms with Gasteiger partial charge in [0.25, 0.3) is 0 Å². The SMILES string of the molecule is CNC(CCC(C)(C)OC)CSc1ccccc1Cl. The molecule has 2 nitrogen and oxygen atoms in total. The first-order chi connectivity index (χ1) is 8.98. The third-order valence-corrected chi connectivity index (χ3v) is 5.01. The van der Waals surface area contributed by atoms with Gasteiger partial charge in [-0.05, 0) is 45.9 Å². The minimum absolute atomic E-state index is 0.0514. The van der Waals surface area contributed by atoms with Crippen molar-refractivity contribution in [2.24, 2.45) is 0 Å². The molecule has 0 saturated heterocycles. The molecule has 0 spiro atoms. The van der Waals surface area contributed by atoms with Crippen LogP contribution in [-0.2, 0) is 4.74 Å². The van der Waals surface area contributed by atoms with Crippen molar-refractivity contribution in [3.63, 3.8) is 0 Å². The average Bonchev–Trinajstić information content (AvgIpc) is 2.41. The quantitative estimate of drug-likeness (QED) is 0.726. The topological polar surface area (TPSA) is 21.3 Å². The highest BCUT2D eigenvalue weighted by Gasteiger charge is 2.18. The van der Waals surface area contributed by atoms with Crippen LogP contribution in [-0.4, -0.2) is 31.6 Å². The molecular formula is C15H24ClNOS. The number of thioether (sulfide) groups is 1. The fourth-order valence-electron chi connectivity index (χ4n) is 1.69. The van der Waals surface area contributed by atoms with Gasteiger partial charge < -0.3 is 10.1 Å². The van der Waals surface area contributed by atoms with Crippen molar-refractivity contribution >= 4 is 23.4 Å². The largest absolute Gasteiger partial charge is 0.379 e. The molecule has 108 valence electrons. The van der Waals surface area contributed by atoms with Gasteiger partial charge in [0.05, 0.1) is 10.6 Å². The lowest BCUT2D eigenvalue weighted by atomic mass is 9.99. The Morgan fingerprint density at radius 1 is 1.37 bits per heavy atom. The molecule has 0 heterocycles. The Balaban J connectivity index is 2.43. The van der Waals surface area contributed by atoms with Crippen LogP contribution in [0.4, 0.5) is 0 Å². The zero-order valence-corrected chi connectivity index (χ0v) is 13.8. The fraction of sp³-hybridized carbons (Fsp3) is 0.600. The zero-order chi connectivity index (χ0) is 14.3. The van der Waals surface area contributed by atoms with E-state index in [0.717, 1.165) is 28.5 Å². The number of halogens is 1. The number of rotatable bonds is 8. The van der Waals surface area contributed by atoms with Crippen LogP contribution in [0.1, 0.15) is 26.7 Å². The summed E-state index contributed by atoms with van der Waals surface area (Å²) in [6.07, 6.45) is 2.13. The van der Waals surface area contributed by atoms with Gasteiger partial charge in [-0.1, -0.05) is 23.7 Å². The second-order valence-corrected chi connectivity index (χ2v) is 6.70. The van der Waals surface area contributed by atoms with Crippen molar-refractivity contribution in [3.05, 3.63) is 29.3 Å². The van der Waals surface area contributed by atoms with E-state index in [2.05, 4.69) is 25.2 Å². The van der Waals surface area contributed by atoms with Crippen LogP contribution >= 0.6 is 23.4 Å². The maximum absolute atomic E-state index is 6.16. The normalized spacial score (nSPS) is 13.5. The third-order valence-electron chi connectivity index (χ3n) is 3.33. The summed E-state index contributed by atoms with van der Waals surface area (Å²) in [6, 6.07) is 8.46. The molecule has 1 aromatic rings. The molecule has 1 rings (SSSR count). The molecule has 0 fully saturated rings. The van der Waals surface area contributed by atoms with Gasteiger partial charge in [0.2, 0.25) is 0 Å². The summed E-state index contributed by atoms with van der Waals surface area (Å²) in [5, 5.41) is 4.20. The molecule has 0 bridgehead atoms. The lowest BCUT2D eigenvalue weighted by molar-refractivity contribution is 0.0123. The predicted molar refractivity (Wildman–Crippen MR) is 85.3 cm³/mol. The van der Waals surface area contributed by atoms with Crippen molar-refractivity contribution in [3.8, 4) is 0 Å². The summed E-state index contributed by atoms with van der Waals surface area (Å²) >= 11 is 7.96. The number of nitrogens with one attached hydrogen (secondary N) is 1. The first-order valence-electron chi connectivity index (χ1n) is 6.58. The minimum Gasteiger partial charge on any atom is -0.379 e. The Labute approximate surface area is 126 Å². The highest BCUT2D eigenvalue weighted by Crippen LogP contribution is 2.28. The Hall–Kier alpha value is -0.220. The van der Waals surface area contributed by atoms with E-state index in [-0.39, 0.29) is 5.60 Å². The summed E-state index contributed by atoms with van der Waals surface area (Å²) in [5.74, 6) is 1.01. The summed E-state index contributed by atoms with van der Waals surface area (Å²) in [5.41, 5.74) is -0.0514. The van der Waals surface area contributed by atoms with Crippen LogP contribution in [0, 0.1) is 0 Å². The van der Waals surface area contributed by atoms with Gasteiger partial charge in [0.15, 0.2) is 0 Å². The molecule has 19 heavy (non-hydrogen) atoms. The molecule has 0 aliphatic rings. The van der Waals surface area contributed by atoms with Gasteiger partial charge in [-0.15, -0.1) is 11.8 Å². The van der Waals surface area contributed by atoms with Gasteiger partial charge in [-0.3, -0.25) is 0 Å². The standard InChI is InChI=1S/C15H24ClNOS/c1-15(2,18-4)10-9-12(17-3)11-19-14-8-6-5-7-13(14)16/h5-8,12,17H,9-11H2,1-4H3. The summed E-state index contributed by atoms with van der Waals surface area (Å²) < 4.78 is 5.46. The van der Waals surface area contributed by atoms with Crippen LogP contribution in [0.5, 0.6) is 0 Å². The Morgan fingerprint density at radius 2 is 2.05 bits per heavy atom. The van der Waals surface area contributed by atoms with Crippen LogP contribution in [0.2, 0.25) is 5.02 Å². The molecule has 0 aliphatic carbocycles. The average molecular weight is 302 g/mol. The number of benzene rings is 1. The number of hydrogen-bond donors (Lipinski definition) is 1. The van der Waals surface area contributed by atoms with Crippen molar-refractivity contribution in [1.29, 1.82) is 0 Å². The fourth-order valence-corrected chi connectivity index (χ4v) is 3.08. The molecular weight excluding hydrogens is 278 g/mol. The second-order valence-electron chi connectivity index (χ2n) is 5.23. The highest BCUT2D eigenvalue weighted by atomic mass is 35.5. The van der Waals surface area contributed by atoms with Crippen molar-refractivity contribution in [2.75, 3.05) is 19.9 Å². The summed E-state index contributed by atoms with van der Waals surface area (Å²) in [6.45, 7) is 4.25. The number of methoxy groups -OCH3 is 1. The first-order valence-corrected chi connectivity index (χ1v) is 7.94. The molecule has 4 heteroatoms. The first kappa shape index (κ1) is 16.8. The molecule has 1 unspecified atom stereocenters. The van der Waals surface area contributed by atoms with Gasteiger partial charge in [-0.25, -0.2) is 0 Å². The van der Waals surface area contributed by atoms with Gasteiger partial charge in [-0.2, -0.15) is 0 Å². The van der Waals surface area contributed by atoms with E-state index in [1.165, 1.54) is 0 Å². The van der Waals surface area contributed by atoms with Crippen LogP contribution in [0.15, 0.2) is 29.2 Å². The van der Waals surface area contributed by atoms with Gasteiger partial charge >= 0.3 is 0 Å². The minimum atomic E-state index is -0.0514. The molecule has 0 saturated carbocycles. The lowest BCUT2D eigenvalue weighted by Crippen LogP contribution is -2.32. The maximum atomic E-state index is 6.16. The Kier molecular flexibility index (Phi) is 7.22. The van der Waals surface area contributed by atoms with E-state index in [1.54, 1.807) is 18.9 Å². The van der Waals surface area contributed by atoms with Crippen LogP contribution in [0.3, 0.4) is 0 Å². The molecule has 0 amide bonds. The zero-order valence-electron chi connectivity index (χ0n) is 12.2. The van der Waals surface area contributed by atoms with E-state index < -0.39 is 0 Å². The molecule has 0 radical (unpaired) electrons. The maximum Gasteiger partial charge on any atom is 0.0623 e. The van der Waals surface area contributed by atoms with Gasteiger partial charge in [0.1, 0.15) is 0 Å². The smallest absolute Gasteiger partial charge is 0.0623 e. The van der Waals surface area contributed by atoms with E-state index in [0.29, 0.717) is 6.04 Å². The second kappa shape index (κ2) is 8.15. The van der Waals surface area contributed by atoms with Crippen molar-refractivity contribution in [1.82, 2.24) is 5.32 Å². The van der Waals surface area contributed by atoms with Gasteiger partial charge in [0, 0.05) is 23.8 Å². The van der Waals surface area contributed by atoms with Crippen LogP contribution in [0.25, 0.3) is 0 Å². The Bertz CT molecular complexity index is 384. The van der Waals surface area contributed by atoms with Crippen LogP contribution < -0.4 is 5.32 Å². The summed E-state index contributed by atoms with van der Waals surface area (Å²) in [4.78, 5) is 1.15. The molecule has 0 aliphatic heterocycles. The highest BCUT2D eigenvalue weighted by molar-refractivity contribution is 7.99. The van der Waals surface area contributed by atoms with E-state index in [9.17, 15) is 0 Å². The van der Waals surface area contributed by atoms with E-state index >= 15 is 0 Å². The predicted octanol–water partition coefficient (Wildman–Crippen LogP) is 4.23. The molecule has 1 aromatic carbocycles. The van der Waals surface area contributed by atoms with Crippen molar-refractivity contribution < 1.29 is 4.74 Å². The van der Waals surface area contributed by atoms with Crippen molar-refractivity contribution in [2.45, 2.75) is 43.2 Å². The summed E-state index contributed by atoms with van der Waals surface area (Å²) in [7, 11) is 3.78. The molecule has 1 N–H and O–H groups in total. The Morgan fingerprint density at radius 3 is 2.63 bits per heavy atom. The number of hydrogen-bond acceptors (Lipinski definition) is 3.